The first-order chi connectivity index (χ1) is 12.8. The highest BCUT2D eigenvalue weighted by atomic mass is 32.2. The molecule has 1 aliphatic heterocycles. The van der Waals surface area contributed by atoms with Crippen LogP contribution in [0.3, 0.4) is 0 Å². The van der Waals surface area contributed by atoms with E-state index in [2.05, 4.69) is 20.5 Å². The molecule has 4 rings (SSSR count). The van der Waals surface area contributed by atoms with Crippen LogP contribution in [0.2, 0.25) is 0 Å². The number of fused-ring (bicyclic) bond motifs is 1. The van der Waals surface area contributed by atoms with Crippen molar-refractivity contribution >= 4 is 23.4 Å². The SMILES string of the molecule is O=C(CSc1n[nH]c(CC2CCCC2)n1)Nc1ccc2c(c1)OCCO2. The minimum atomic E-state index is -0.103. The third kappa shape index (κ3) is 4.30. The van der Waals surface area contributed by atoms with Gasteiger partial charge in [-0.25, -0.2) is 4.98 Å². The predicted molar refractivity (Wildman–Crippen MR) is 98.8 cm³/mol. The average molecular weight is 374 g/mol. The molecule has 1 aromatic heterocycles. The molecule has 0 bridgehead atoms. The number of benzene rings is 1. The molecule has 1 aliphatic carbocycles. The molecule has 1 amide bonds. The van der Waals surface area contributed by atoms with Crippen molar-refractivity contribution in [2.75, 3.05) is 24.3 Å². The van der Waals surface area contributed by atoms with Crippen molar-refractivity contribution in [2.24, 2.45) is 5.92 Å². The minimum absolute atomic E-state index is 0.103. The predicted octanol–water partition coefficient (Wildman–Crippen LogP) is 3.04. The molecule has 138 valence electrons. The highest BCUT2D eigenvalue weighted by Gasteiger charge is 2.18. The lowest BCUT2D eigenvalue weighted by Crippen LogP contribution is -2.17. The molecule has 1 fully saturated rings. The average Bonchev–Trinajstić information content (AvgIpc) is 3.32. The second-order valence-corrected chi connectivity index (χ2v) is 7.56. The molecule has 2 heterocycles. The van der Waals surface area contributed by atoms with Gasteiger partial charge in [-0.1, -0.05) is 37.4 Å². The Morgan fingerprint density at radius 3 is 2.88 bits per heavy atom. The van der Waals surface area contributed by atoms with Crippen LogP contribution < -0.4 is 14.8 Å². The summed E-state index contributed by atoms with van der Waals surface area (Å²) in [6.07, 6.45) is 6.15. The monoisotopic (exact) mass is 374 g/mol. The van der Waals surface area contributed by atoms with E-state index >= 15 is 0 Å². The van der Waals surface area contributed by atoms with Gasteiger partial charge in [0.05, 0.1) is 5.75 Å². The molecule has 26 heavy (non-hydrogen) atoms. The Hall–Kier alpha value is -2.22. The largest absolute Gasteiger partial charge is 0.486 e. The Kier molecular flexibility index (Phi) is 5.29. The summed E-state index contributed by atoms with van der Waals surface area (Å²) in [5, 5.41) is 10.7. The van der Waals surface area contributed by atoms with Crippen LogP contribution in [0.4, 0.5) is 5.69 Å². The fraction of sp³-hybridized carbons (Fsp3) is 0.500. The summed E-state index contributed by atoms with van der Waals surface area (Å²) in [5.74, 6) is 3.17. The zero-order chi connectivity index (χ0) is 17.8. The molecule has 8 heteroatoms. The Labute approximate surface area is 156 Å². The van der Waals surface area contributed by atoms with E-state index in [9.17, 15) is 4.79 Å². The molecular formula is C18H22N4O3S. The van der Waals surface area contributed by atoms with Gasteiger partial charge < -0.3 is 14.8 Å². The van der Waals surface area contributed by atoms with Crippen LogP contribution in [0.1, 0.15) is 31.5 Å². The van der Waals surface area contributed by atoms with Crippen molar-refractivity contribution in [3.63, 3.8) is 0 Å². The first kappa shape index (κ1) is 17.2. The normalized spacial score (nSPS) is 16.6. The van der Waals surface area contributed by atoms with E-state index in [1.807, 2.05) is 12.1 Å². The topological polar surface area (TPSA) is 89.1 Å². The van der Waals surface area contributed by atoms with Gasteiger partial charge in [0.1, 0.15) is 19.0 Å². The van der Waals surface area contributed by atoms with E-state index in [0.29, 0.717) is 35.6 Å². The maximum Gasteiger partial charge on any atom is 0.234 e. The van der Waals surface area contributed by atoms with Crippen LogP contribution in [-0.2, 0) is 11.2 Å². The van der Waals surface area contributed by atoms with E-state index < -0.39 is 0 Å². The van der Waals surface area contributed by atoms with Crippen molar-refractivity contribution in [3.05, 3.63) is 24.0 Å². The van der Waals surface area contributed by atoms with Gasteiger partial charge in [-0.15, -0.1) is 5.10 Å². The lowest BCUT2D eigenvalue weighted by atomic mass is 10.0. The maximum absolute atomic E-state index is 12.2. The minimum Gasteiger partial charge on any atom is -0.486 e. The van der Waals surface area contributed by atoms with Crippen molar-refractivity contribution in [1.29, 1.82) is 0 Å². The molecule has 0 radical (unpaired) electrons. The number of nitrogens with one attached hydrogen (secondary N) is 2. The Morgan fingerprint density at radius 1 is 1.23 bits per heavy atom. The third-order valence-electron chi connectivity index (χ3n) is 4.63. The van der Waals surface area contributed by atoms with Crippen LogP contribution in [0.25, 0.3) is 0 Å². The number of anilines is 1. The summed E-state index contributed by atoms with van der Waals surface area (Å²) in [6, 6.07) is 5.40. The summed E-state index contributed by atoms with van der Waals surface area (Å²) < 4.78 is 11.0. The molecule has 0 saturated heterocycles. The first-order valence-electron chi connectivity index (χ1n) is 9.00. The summed E-state index contributed by atoms with van der Waals surface area (Å²) in [4.78, 5) is 16.7. The zero-order valence-corrected chi connectivity index (χ0v) is 15.3. The summed E-state index contributed by atoms with van der Waals surface area (Å²) in [5.41, 5.74) is 0.691. The molecule has 0 unspecified atom stereocenters. The van der Waals surface area contributed by atoms with Crippen LogP contribution in [0.15, 0.2) is 23.4 Å². The number of hydrogen-bond acceptors (Lipinski definition) is 6. The molecule has 0 spiro atoms. The van der Waals surface area contributed by atoms with Crippen molar-refractivity contribution in [1.82, 2.24) is 15.2 Å². The van der Waals surface area contributed by atoms with E-state index in [1.165, 1.54) is 37.4 Å². The number of ether oxygens (including phenoxy) is 2. The number of nitrogens with zero attached hydrogens (tertiary/aromatic N) is 2. The number of H-pyrrole nitrogens is 1. The summed E-state index contributed by atoms with van der Waals surface area (Å²) >= 11 is 1.33. The zero-order valence-electron chi connectivity index (χ0n) is 14.5. The number of hydrogen-bond donors (Lipinski definition) is 2. The third-order valence-corrected chi connectivity index (χ3v) is 5.47. The Balaban J connectivity index is 1.27. The molecule has 0 atom stereocenters. The van der Waals surface area contributed by atoms with Crippen LogP contribution in [-0.4, -0.2) is 40.1 Å². The fourth-order valence-corrected chi connectivity index (χ4v) is 3.99. The van der Waals surface area contributed by atoms with Gasteiger partial charge in [-0.05, 0) is 18.1 Å². The van der Waals surface area contributed by atoms with E-state index in [4.69, 9.17) is 9.47 Å². The van der Waals surface area contributed by atoms with E-state index in [0.717, 1.165) is 18.2 Å². The lowest BCUT2D eigenvalue weighted by molar-refractivity contribution is -0.113. The number of aromatic amines is 1. The molecule has 2 aliphatic rings. The van der Waals surface area contributed by atoms with Crippen molar-refractivity contribution < 1.29 is 14.3 Å². The number of aromatic nitrogens is 3. The van der Waals surface area contributed by atoms with Crippen LogP contribution in [0, 0.1) is 5.92 Å². The van der Waals surface area contributed by atoms with Gasteiger partial charge in [-0.3, -0.25) is 9.89 Å². The number of thioether (sulfide) groups is 1. The smallest absolute Gasteiger partial charge is 0.234 e. The highest BCUT2D eigenvalue weighted by Crippen LogP contribution is 2.32. The molecule has 7 nitrogen and oxygen atoms in total. The van der Waals surface area contributed by atoms with Gasteiger partial charge in [0, 0.05) is 18.2 Å². The van der Waals surface area contributed by atoms with E-state index in [-0.39, 0.29) is 11.7 Å². The Bertz CT molecular complexity index is 774. The summed E-state index contributed by atoms with van der Waals surface area (Å²) in [6.45, 7) is 1.07. The Morgan fingerprint density at radius 2 is 2.04 bits per heavy atom. The molecule has 2 aromatic rings. The highest BCUT2D eigenvalue weighted by molar-refractivity contribution is 7.99. The summed E-state index contributed by atoms with van der Waals surface area (Å²) in [7, 11) is 0. The molecular weight excluding hydrogens is 352 g/mol. The van der Waals surface area contributed by atoms with Gasteiger partial charge in [0.25, 0.3) is 0 Å². The maximum atomic E-state index is 12.2. The molecule has 1 aromatic carbocycles. The lowest BCUT2D eigenvalue weighted by Gasteiger charge is -2.18. The van der Waals surface area contributed by atoms with Crippen molar-refractivity contribution in [2.45, 2.75) is 37.3 Å². The number of carbonyl (C=O) groups excluding carboxylic acids is 1. The van der Waals surface area contributed by atoms with Crippen LogP contribution in [0.5, 0.6) is 11.5 Å². The first-order valence-corrected chi connectivity index (χ1v) is 9.98. The quantitative estimate of drug-likeness (QED) is 0.756. The standard InChI is InChI=1S/C18H22N4O3S/c23-17(19-13-5-6-14-15(10-13)25-8-7-24-14)11-26-18-20-16(21-22-18)9-12-3-1-2-4-12/h5-6,10,12H,1-4,7-9,11H2,(H,19,23)(H,20,21,22). The number of amides is 1. The number of rotatable bonds is 6. The number of carbonyl (C=O) groups is 1. The van der Waals surface area contributed by atoms with Crippen LogP contribution >= 0.6 is 11.8 Å². The molecule has 1 saturated carbocycles. The van der Waals surface area contributed by atoms with E-state index in [1.54, 1.807) is 6.07 Å². The van der Waals surface area contributed by atoms with Gasteiger partial charge in [-0.2, -0.15) is 0 Å². The van der Waals surface area contributed by atoms with Gasteiger partial charge in [0.15, 0.2) is 11.5 Å². The van der Waals surface area contributed by atoms with Gasteiger partial charge in [0.2, 0.25) is 11.1 Å². The van der Waals surface area contributed by atoms with Crippen molar-refractivity contribution in [3.8, 4) is 11.5 Å². The molecule has 2 N–H and O–H groups in total. The fourth-order valence-electron chi connectivity index (χ4n) is 3.37. The second kappa shape index (κ2) is 7.99. The second-order valence-electron chi connectivity index (χ2n) is 6.61. The van der Waals surface area contributed by atoms with Gasteiger partial charge >= 0.3 is 0 Å².